The van der Waals surface area contributed by atoms with E-state index in [0.717, 1.165) is 0 Å². The first-order chi connectivity index (χ1) is 8.58. The number of carbonyl (C=O) groups is 2. The minimum absolute atomic E-state index is 0.110. The first-order valence-electron chi connectivity index (χ1n) is 4.95. The van der Waals surface area contributed by atoms with Crippen molar-refractivity contribution in [1.29, 1.82) is 0 Å². The topological polar surface area (TPSA) is 79.5 Å². The minimum Gasteiger partial charge on any atom is -0.478 e. The molecule has 2 aromatic rings. The summed E-state index contributed by atoms with van der Waals surface area (Å²) in [6.45, 7) is 0. The molecule has 0 spiro atoms. The molecule has 0 bridgehead atoms. The molecule has 2 rings (SSSR count). The van der Waals surface area contributed by atoms with E-state index in [1.54, 1.807) is 12.1 Å². The Morgan fingerprint density at radius 3 is 2.67 bits per heavy atom. The molecular formula is C12H8BrNO4. The summed E-state index contributed by atoms with van der Waals surface area (Å²) in [7, 11) is 0. The molecule has 92 valence electrons. The Kier molecular flexibility index (Phi) is 3.47. The second kappa shape index (κ2) is 5.05. The third-order valence-corrected chi connectivity index (χ3v) is 2.84. The van der Waals surface area contributed by atoms with Crippen LogP contribution in [0.2, 0.25) is 0 Å². The minimum atomic E-state index is -1.05. The second-order valence-corrected chi connectivity index (χ2v) is 4.17. The maximum atomic E-state index is 11.8. The van der Waals surface area contributed by atoms with Crippen molar-refractivity contribution in [2.45, 2.75) is 0 Å². The van der Waals surface area contributed by atoms with Crippen LogP contribution in [0, 0.1) is 0 Å². The van der Waals surface area contributed by atoms with Crippen LogP contribution in [0.25, 0.3) is 0 Å². The van der Waals surface area contributed by atoms with E-state index in [-0.39, 0.29) is 11.5 Å². The molecule has 0 saturated heterocycles. The standard InChI is InChI=1S/C12H8BrNO4/c13-10-9(4-5-18-10)11(15)14-8-3-1-2-7(6-8)12(16)17/h1-6H,(H,14,15)(H,16,17). The predicted molar refractivity (Wildman–Crippen MR) is 67.8 cm³/mol. The fraction of sp³-hybridized carbons (Fsp3) is 0. The molecule has 0 radical (unpaired) electrons. The summed E-state index contributed by atoms with van der Waals surface area (Å²) >= 11 is 3.10. The lowest BCUT2D eigenvalue weighted by Gasteiger charge is -2.04. The van der Waals surface area contributed by atoms with E-state index < -0.39 is 5.97 Å². The number of aromatic carboxylic acids is 1. The summed E-state index contributed by atoms with van der Waals surface area (Å²) in [5.41, 5.74) is 0.864. The van der Waals surface area contributed by atoms with Crippen molar-refractivity contribution in [3.63, 3.8) is 0 Å². The van der Waals surface area contributed by atoms with Crippen molar-refractivity contribution in [2.24, 2.45) is 0 Å². The van der Waals surface area contributed by atoms with Crippen LogP contribution >= 0.6 is 15.9 Å². The zero-order valence-corrected chi connectivity index (χ0v) is 10.6. The van der Waals surface area contributed by atoms with Gasteiger partial charge in [-0.1, -0.05) is 6.07 Å². The van der Waals surface area contributed by atoms with Gasteiger partial charge in [-0.05, 0) is 40.2 Å². The van der Waals surface area contributed by atoms with Crippen LogP contribution in [0.5, 0.6) is 0 Å². The van der Waals surface area contributed by atoms with Gasteiger partial charge in [0.05, 0.1) is 17.4 Å². The van der Waals surface area contributed by atoms with Gasteiger partial charge < -0.3 is 14.8 Å². The molecule has 0 atom stereocenters. The molecule has 1 heterocycles. The lowest BCUT2D eigenvalue weighted by molar-refractivity contribution is 0.0696. The number of halogens is 1. The molecular weight excluding hydrogens is 302 g/mol. The van der Waals surface area contributed by atoms with E-state index in [0.29, 0.717) is 15.9 Å². The van der Waals surface area contributed by atoms with Crippen molar-refractivity contribution in [2.75, 3.05) is 5.32 Å². The number of anilines is 1. The van der Waals surface area contributed by atoms with Crippen LogP contribution in [0.1, 0.15) is 20.7 Å². The number of carboxylic acid groups (broad SMARTS) is 1. The molecule has 1 aromatic carbocycles. The van der Waals surface area contributed by atoms with Crippen LogP contribution in [-0.4, -0.2) is 17.0 Å². The van der Waals surface area contributed by atoms with E-state index >= 15 is 0 Å². The number of carbonyl (C=O) groups excluding carboxylic acids is 1. The average Bonchev–Trinajstić information content (AvgIpc) is 2.76. The number of rotatable bonds is 3. The number of benzene rings is 1. The van der Waals surface area contributed by atoms with Crippen molar-refractivity contribution in [3.05, 3.63) is 52.4 Å². The lowest BCUT2D eigenvalue weighted by atomic mass is 10.2. The van der Waals surface area contributed by atoms with Crippen molar-refractivity contribution >= 4 is 33.5 Å². The first kappa shape index (κ1) is 12.4. The third kappa shape index (κ3) is 2.60. The van der Waals surface area contributed by atoms with Gasteiger partial charge in [0.2, 0.25) is 0 Å². The smallest absolute Gasteiger partial charge is 0.335 e. The number of nitrogens with one attached hydrogen (secondary N) is 1. The fourth-order valence-electron chi connectivity index (χ4n) is 1.38. The van der Waals surface area contributed by atoms with Gasteiger partial charge in [0, 0.05) is 5.69 Å². The molecule has 0 unspecified atom stereocenters. The summed E-state index contributed by atoms with van der Waals surface area (Å²) in [6, 6.07) is 7.52. The quantitative estimate of drug-likeness (QED) is 0.913. The van der Waals surface area contributed by atoms with Crippen LogP contribution < -0.4 is 5.32 Å². The monoisotopic (exact) mass is 309 g/mol. The molecule has 0 aliphatic rings. The van der Waals surface area contributed by atoms with E-state index in [2.05, 4.69) is 21.2 Å². The third-order valence-electron chi connectivity index (χ3n) is 2.23. The Labute approximate surface area is 111 Å². The number of hydrogen-bond acceptors (Lipinski definition) is 3. The highest BCUT2D eigenvalue weighted by molar-refractivity contribution is 9.10. The summed E-state index contributed by atoms with van der Waals surface area (Å²) < 4.78 is 5.28. The number of hydrogen-bond donors (Lipinski definition) is 2. The molecule has 0 aliphatic carbocycles. The summed E-state index contributed by atoms with van der Waals surface area (Å²) in [5.74, 6) is -1.42. The highest BCUT2D eigenvalue weighted by atomic mass is 79.9. The van der Waals surface area contributed by atoms with Crippen LogP contribution in [0.4, 0.5) is 5.69 Å². The van der Waals surface area contributed by atoms with E-state index in [1.807, 2.05) is 0 Å². The van der Waals surface area contributed by atoms with Crippen molar-refractivity contribution < 1.29 is 19.1 Å². The number of furan rings is 1. The van der Waals surface area contributed by atoms with Gasteiger partial charge in [-0.15, -0.1) is 0 Å². The summed E-state index contributed by atoms with van der Waals surface area (Å²) in [5, 5.41) is 11.4. The van der Waals surface area contributed by atoms with Gasteiger partial charge in [0.1, 0.15) is 0 Å². The van der Waals surface area contributed by atoms with E-state index in [9.17, 15) is 9.59 Å². The molecule has 2 N–H and O–H groups in total. The van der Waals surface area contributed by atoms with E-state index in [4.69, 9.17) is 9.52 Å². The Hall–Kier alpha value is -2.08. The van der Waals surface area contributed by atoms with Gasteiger partial charge in [-0.25, -0.2) is 4.79 Å². The van der Waals surface area contributed by atoms with Crippen LogP contribution in [0.15, 0.2) is 45.7 Å². The van der Waals surface area contributed by atoms with Gasteiger partial charge in [-0.2, -0.15) is 0 Å². The van der Waals surface area contributed by atoms with Gasteiger partial charge in [0.15, 0.2) is 4.67 Å². The number of amides is 1. The Bertz CT molecular complexity index is 606. The summed E-state index contributed by atoms with van der Waals surface area (Å²) in [4.78, 5) is 22.6. The second-order valence-electron chi connectivity index (χ2n) is 3.45. The zero-order valence-electron chi connectivity index (χ0n) is 9.01. The normalized spacial score (nSPS) is 10.1. The SMILES string of the molecule is O=C(O)c1cccc(NC(=O)c2ccoc2Br)c1. The van der Waals surface area contributed by atoms with Crippen molar-refractivity contribution in [1.82, 2.24) is 0 Å². The highest BCUT2D eigenvalue weighted by Gasteiger charge is 2.13. The molecule has 18 heavy (non-hydrogen) atoms. The molecule has 0 saturated carbocycles. The van der Waals surface area contributed by atoms with E-state index in [1.165, 1.54) is 24.5 Å². The molecule has 0 fully saturated rings. The fourth-order valence-corrected chi connectivity index (χ4v) is 1.80. The predicted octanol–water partition coefficient (Wildman–Crippen LogP) is 2.99. The molecule has 5 nitrogen and oxygen atoms in total. The molecule has 1 amide bonds. The first-order valence-corrected chi connectivity index (χ1v) is 5.75. The molecule has 6 heteroatoms. The zero-order chi connectivity index (χ0) is 13.1. The van der Waals surface area contributed by atoms with Crippen molar-refractivity contribution in [3.8, 4) is 0 Å². The molecule has 1 aromatic heterocycles. The number of carboxylic acids is 1. The Balaban J connectivity index is 2.20. The van der Waals surface area contributed by atoms with Gasteiger partial charge in [0.25, 0.3) is 5.91 Å². The average molecular weight is 310 g/mol. The Morgan fingerprint density at radius 1 is 1.28 bits per heavy atom. The largest absolute Gasteiger partial charge is 0.478 e. The van der Waals surface area contributed by atoms with Crippen LogP contribution in [0.3, 0.4) is 0 Å². The highest BCUT2D eigenvalue weighted by Crippen LogP contribution is 2.19. The van der Waals surface area contributed by atoms with Crippen LogP contribution in [-0.2, 0) is 0 Å². The molecule has 0 aliphatic heterocycles. The lowest BCUT2D eigenvalue weighted by Crippen LogP contribution is -2.12. The maximum absolute atomic E-state index is 11.8. The van der Waals surface area contributed by atoms with Gasteiger partial charge in [-0.3, -0.25) is 4.79 Å². The van der Waals surface area contributed by atoms with Gasteiger partial charge >= 0.3 is 5.97 Å². The Morgan fingerprint density at radius 2 is 2.06 bits per heavy atom. The maximum Gasteiger partial charge on any atom is 0.335 e. The summed E-state index contributed by atoms with van der Waals surface area (Å²) in [6.07, 6.45) is 1.38.